The SMILES string of the molecule is CC(C)CC(=Cc1cccs1)[N+](=O)[O-]. The first-order valence-electron chi connectivity index (χ1n) is 4.48. The quantitative estimate of drug-likeness (QED) is 0.565. The zero-order valence-corrected chi connectivity index (χ0v) is 9.08. The number of nitro groups is 1. The van der Waals surface area contributed by atoms with Crippen LogP contribution in [-0.2, 0) is 0 Å². The van der Waals surface area contributed by atoms with E-state index in [-0.39, 0.29) is 4.92 Å². The number of allylic oxidation sites excluding steroid dienone is 1. The van der Waals surface area contributed by atoms with Crippen LogP contribution >= 0.6 is 11.3 Å². The molecule has 0 unspecified atom stereocenters. The fourth-order valence-corrected chi connectivity index (χ4v) is 1.82. The third-order valence-electron chi connectivity index (χ3n) is 1.70. The molecule has 1 rings (SSSR count). The molecular formula is C10H13NO2S. The lowest BCUT2D eigenvalue weighted by Gasteiger charge is -2.00. The standard InChI is InChI=1S/C10H13NO2S/c1-8(2)6-9(11(12)13)7-10-4-3-5-14-10/h3-5,7-8H,6H2,1-2H3. The van der Waals surface area contributed by atoms with E-state index in [1.165, 1.54) is 11.3 Å². The molecule has 1 aromatic heterocycles. The summed E-state index contributed by atoms with van der Waals surface area (Å²) in [4.78, 5) is 11.4. The van der Waals surface area contributed by atoms with Gasteiger partial charge < -0.3 is 0 Å². The molecule has 0 aliphatic heterocycles. The maximum absolute atomic E-state index is 10.7. The molecule has 1 heterocycles. The van der Waals surface area contributed by atoms with Gasteiger partial charge in [-0.2, -0.15) is 0 Å². The van der Waals surface area contributed by atoms with E-state index >= 15 is 0 Å². The van der Waals surface area contributed by atoms with Crippen LogP contribution in [0.3, 0.4) is 0 Å². The van der Waals surface area contributed by atoms with Gasteiger partial charge in [0.05, 0.1) is 4.92 Å². The first-order valence-corrected chi connectivity index (χ1v) is 5.36. The van der Waals surface area contributed by atoms with Crippen molar-refractivity contribution in [1.29, 1.82) is 0 Å². The lowest BCUT2D eigenvalue weighted by molar-refractivity contribution is -0.427. The van der Waals surface area contributed by atoms with Gasteiger partial charge in [-0.15, -0.1) is 11.3 Å². The van der Waals surface area contributed by atoms with Crippen molar-refractivity contribution in [3.8, 4) is 0 Å². The molecule has 4 heteroatoms. The number of rotatable bonds is 4. The molecule has 0 N–H and O–H groups in total. The van der Waals surface area contributed by atoms with Crippen molar-refractivity contribution >= 4 is 17.4 Å². The maximum atomic E-state index is 10.7. The molecule has 1 aromatic rings. The van der Waals surface area contributed by atoms with Crippen LogP contribution in [0, 0.1) is 16.0 Å². The Kier molecular flexibility index (Phi) is 3.83. The maximum Gasteiger partial charge on any atom is 0.247 e. The Bertz CT molecular complexity index is 328. The van der Waals surface area contributed by atoms with Crippen LogP contribution in [0.1, 0.15) is 25.1 Å². The van der Waals surface area contributed by atoms with Gasteiger partial charge in [0.2, 0.25) is 5.70 Å². The molecule has 0 amide bonds. The van der Waals surface area contributed by atoms with Gasteiger partial charge >= 0.3 is 0 Å². The topological polar surface area (TPSA) is 43.1 Å². The Hall–Kier alpha value is -1.16. The molecule has 0 aromatic carbocycles. The van der Waals surface area contributed by atoms with E-state index < -0.39 is 0 Å². The number of hydrogen-bond acceptors (Lipinski definition) is 3. The molecule has 0 saturated heterocycles. The van der Waals surface area contributed by atoms with Crippen molar-refractivity contribution in [1.82, 2.24) is 0 Å². The molecule has 0 bridgehead atoms. The summed E-state index contributed by atoms with van der Waals surface area (Å²) in [6, 6.07) is 3.78. The minimum absolute atomic E-state index is 0.292. The largest absolute Gasteiger partial charge is 0.259 e. The first kappa shape index (κ1) is 10.9. The second-order valence-electron chi connectivity index (χ2n) is 3.51. The van der Waals surface area contributed by atoms with Crippen LogP contribution in [0.4, 0.5) is 0 Å². The van der Waals surface area contributed by atoms with Crippen molar-refractivity contribution in [2.75, 3.05) is 0 Å². The Balaban J connectivity index is 2.82. The number of hydrogen-bond donors (Lipinski definition) is 0. The van der Waals surface area contributed by atoms with E-state index in [4.69, 9.17) is 0 Å². The van der Waals surface area contributed by atoms with E-state index in [1.807, 2.05) is 31.4 Å². The van der Waals surface area contributed by atoms with Crippen LogP contribution in [0.2, 0.25) is 0 Å². The summed E-state index contributed by atoms with van der Waals surface area (Å²) in [6.07, 6.45) is 2.18. The number of thiophene rings is 1. The van der Waals surface area contributed by atoms with Gasteiger partial charge in [-0.3, -0.25) is 10.1 Å². The summed E-state index contributed by atoms with van der Waals surface area (Å²) >= 11 is 1.51. The van der Waals surface area contributed by atoms with Crippen molar-refractivity contribution < 1.29 is 4.92 Å². The Morgan fingerprint density at radius 2 is 2.43 bits per heavy atom. The molecular weight excluding hydrogens is 198 g/mol. The fraction of sp³-hybridized carbons (Fsp3) is 0.400. The summed E-state index contributed by atoms with van der Waals surface area (Å²) in [6.45, 7) is 3.96. The average molecular weight is 211 g/mol. The molecule has 0 fully saturated rings. The van der Waals surface area contributed by atoms with Crippen LogP contribution in [-0.4, -0.2) is 4.92 Å². The van der Waals surface area contributed by atoms with Crippen molar-refractivity contribution in [2.45, 2.75) is 20.3 Å². The molecule has 0 radical (unpaired) electrons. The van der Waals surface area contributed by atoms with E-state index in [2.05, 4.69) is 0 Å². The van der Waals surface area contributed by atoms with Crippen molar-refractivity contribution in [3.05, 3.63) is 38.2 Å². The average Bonchev–Trinajstić information content (AvgIpc) is 2.54. The van der Waals surface area contributed by atoms with Gasteiger partial charge in [-0.05, 0) is 17.4 Å². The smallest absolute Gasteiger partial charge is 0.247 e. The second kappa shape index (κ2) is 4.91. The van der Waals surface area contributed by atoms with Crippen LogP contribution < -0.4 is 0 Å². The highest BCUT2D eigenvalue weighted by atomic mass is 32.1. The summed E-state index contributed by atoms with van der Waals surface area (Å²) in [5.74, 6) is 0.312. The molecule has 3 nitrogen and oxygen atoms in total. The van der Waals surface area contributed by atoms with Crippen molar-refractivity contribution in [2.24, 2.45) is 5.92 Å². The third kappa shape index (κ3) is 3.30. The number of nitrogens with zero attached hydrogens (tertiary/aromatic N) is 1. The third-order valence-corrected chi connectivity index (χ3v) is 2.52. The zero-order chi connectivity index (χ0) is 10.6. The van der Waals surface area contributed by atoms with Gasteiger partial charge in [0.1, 0.15) is 0 Å². The van der Waals surface area contributed by atoms with Gasteiger partial charge in [-0.25, -0.2) is 0 Å². The summed E-state index contributed by atoms with van der Waals surface area (Å²) in [5.41, 5.74) is 0.294. The molecule has 0 aliphatic carbocycles. The summed E-state index contributed by atoms with van der Waals surface area (Å²) in [5, 5.41) is 12.6. The lowest BCUT2D eigenvalue weighted by Crippen LogP contribution is -2.01. The predicted molar refractivity (Wildman–Crippen MR) is 58.7 cm³/mol. The zero-order valence-electron chi connectivity index (χ0n) is 8.27. The van der Waals surface area contributed by atoms with Crippen molar-refractivity contribution in [3.63, 3.8) is 0 Å². The normalized spacial score (nSPS) is 12.1. The van der Waals surface area contributed by atoms with E-state index in [0.29, 0.717) is 18.0 Å². The van der Waals surface area contributed by atoms with E-state index in [9.17, 15) is 10.1 Å². The van der Waals surface area contributed by atoms with Crippen LogP contribution in [0.5, 0.6) is 0 Å². The molecule has 14 heavy (non-hydrogen) atoms. The summed E-state index contributed by atoms with van der Waals surface area (Å²) < 4.78 is 0. The molecule has 0 atom stereocenters. The van der Waals surface area contributed by atoms with Gasteiger partial charge in [-0.1, -0.05) is 19.9 Å². The first-order chi connectivity index (χ1) is 6.59. The second-order valence-corrected chi connectivity index (χ2v) is 4.49. The summed E-state index contributed by atoms with van der Waals surface area (Å²) in [7, 11) is 0. The monoisotopic (exact) mass is 211 g/mol. The minimum Gasteiger partial charge on any atom is -0.259 e. The molecule has 0 aliphatic rings. The van der Waals surface area contributed by atoms with E-state index in [0.717, 1.165) is 4.88 Å². The Morgan fingerprint density at radius 3 is 2.86 bits per heavy atom. The molecule has 0 saturated carbocycles. The van der Waals surface area contributed by atoms with E-state index in [1.54, 1.807) is 6.08 Å². The Morgan fingerprint density at radius 1 is 1.71 bits per heavy atom. The highest BCUT2D eigenvalue weighted by Gasteiger charge is 2.12. The van der Waals surface area contributed by atoms with Gasteiger partial charge in [0.15, 0.2) is 0 Å². The lowest BCUT2D eigenvalue weighted by atomic mass is 10.1. The Labute approximate surface area is 87.2 Å². The molecule has 0 spiro atoms. The highest BCUT2D eigenvalue weighted by Crippen LogP contribution is 2.18. The highest BCUT2D eigenvalue weighted by molar-refractivity contribution is 7.10. The van der Waals surface area contributed by atoms with Crippen LogP contribution in [0.25, 0.3) is 6.08 Å². The molecule has 76 valence electrons. The van der Waals surface area contributed by atoms with Gasteiger partial charge in [0, 0.05) is 17.4 Å². The van der Waals surface area contributed by atoms with Crippen LogP contribution in [0.15, 0.2) is 23.2 Å². The van der Waals surface area contributed by atoms with Gasteiger partial charge in [0.25, 0.3) is 0 Å². The predicted octanol–water partition coefficient (Wildman–Crippen LogP) is 3.41. The minimum atomic E-state index is -0.292. The fourth-order valence-electron chi connectivity index (χ4n) is 1.14.